The number of rotatable bonds is 4. The zero-order valence-corrected chi connectivity index (χ0v) is 13.3. The molecule has 3 rings (SSSR count). The minimum atomic E-state index is 0. The summed E-state index contributed by atoms with van der Waals surface area (Å²) in [5.41, 5.74) is 3.98. The van der Waals surface area contributed by atoms with E-state index >= 15 is 0 Å². The number of halogens is 1. The average molecular weight is 309 g/mol. The number of fused-ring (bicyclic) bond motifs is 1. The van der Waals surface area contributed by atoms with Crippen LogP contribution in [-0.2, 0) is 24.4 Å². The lowest BCUT2D eigenvalue weighted by Gasteiger charge is -2.20. The van der Waals surface area contributed by atoms with E-state index in [1.54, 1.807) is 0 Å². The van der Waals surface area contributed by atoms with Crippen LogP contribution in [0.3, 0.4) is 0 Å². The van der Waals surface area contributed by atoms with Crippen LogP contribution in [0.1, 0.15) is 55.2 Å². The van der Waals surface area contributed by atoms with E-state index in [1.165, 1.54) is 48.8 Å². The van der Waals surface area contributed by atoms with Crippen molar-refractivity contribution in [2.24, 2.45) is 5.92 Å². The molecule has 4 heteroatoms. The second kappa shape index (κ2) is 7.81. The first-order valence-corrected chi connectivity index (χ1v) is 7.89. The fraction of sp³-hybridized carbons (Fsp3) is 0.588. The lowest BCUT2D eigenvalue weighted by atomic mass is 9.87. The van der Waals surface area contributed by atoms with Gasteiger partial charge in [-0.25, -0.2) is 0 Å². The van der Waals surface area contributed by atoms with Crippen LogP contribution in [0, 0.1) is 5.92 Å². The number of hydrogen-bond acceptors (Lipinski definition) is 2. The summed E-state index contributed by atoms with van der Waals surface area (Å²) in [5.74, 6) is 0.837. The molecular weight excluding hydrogens is 284 g/mol. The summed E-state index contributed by atoms with van der Waals surface area (Å²) in [5, 5.41) is 6.42. The molecule has 1 aromatic carbocycles. The highest BCUT2D eigenvalue weighted by Gasteiger charge is 2.17. The first-order valence-electron chi connectivity index (χ1n) is 7.89. The maximum absolute atomic E-state index is 12.0. The van der Waals surface area contributed by atoms with Gasteiger partial charge >= 0.3 is 0 Å². The molecule has 1 aliphatic carbocycles. The maximum Gasteiger partial charge on any atom is 0.220 e. The molecule has 1 aromatic rings. The van der Waals surface area contributed by atoms with E-state index in [4.69, 9.17) is 0 Å². The van der Waals surface area contributed by atoms with E-state index in [9.17, 15) is 4.79 Å². The number of carbonyl (C=O) groups excluding carboxylic acids is 1. The molecule has 21 heavy (non-hydrogen) atoms. The summed E-state index contributed by atoms with van der Waals surface area (Å²) < 4.78 is 0. The number of amides is 1. The third-order valence-electron chi connectivity index (χ3n) is 4.59. The predicted molar refractivity (Wildman–Crippen MR) is 87.3 cm³/mol. The Balaban J connectivity index is 0.00000161. The monoisotopic (exact) mass is 308 g/mol. The molecule has 0 spiro atoms. The van der Waals surface area contributed by atoms with Crippen LogP contribution in [0.25, 0.3) is 0 Å². The van der Waals surface area contributed by atoms with Crippen molar-refractivity contribution in [1.29, 1.82) is 0 Å². The van der Waals surface area contributed by atoms with Crippen molar-refractivity contribution in [2.45, 2.75) is 58.2 Å². The summed E-state index contributed by atoms with van der Waals surface area (Å²) >= 11 is 0. The SMILES string of the molecule is Cl.O=C(CC1CCCCC1)NCc1ccc2c(c1)CNC2. The Morgan fingerprint density at radius 2 is 1.90 bits per heavy atom. The van der Waals surface area contributed by atoms with Gasteiger partial charge in [-0.15, -0.1) is 12.4 Å². The van der Waals surface area contributed by atoms with Crippen LogP contribution in [0.4, 0.5) is 0 Å². The van der Waals surface area contributed by atoms with Crippen molar-refractivity contribution in [2.75, 3.05) is 0 Å². The van der Waals surface area contributed by atoms with Crippen LogP contribution < -0.4 is 10.6 Å². The average Bonchev–Trinajstić information content (AvgIpc) is 2.93. The van der Waals surface area contributed by atoms with Crippen LogP contribution in [-0.4, -0.2) is 5.91 Å². The van der Waals surface area contributed by atoms with Gasteiger partial charge in [0, 0.05) is 26.1 Å². The van der Waals surface area contributed by atoms with Gasteiger partial charge in [-0.05, 0) is 35.4 Å². The van der Waals surface area contributed by atoms with E-state index < -0.39 is 0 Å². The molecule has 0 bridgehead atoms. The molecule has 1 heterocycles. The van der Waals surface area contributed by atoms with Gasteiger partial charge in [0.05, 0.1) is 0 Å². The second-order valence-corrected chi connectivity index (χ2v) is 6.19. The molecule has 0 saturated heterocycles. The maximum atomic E-state index is 12.0. The summed E-state index contributed by atoms with van der Waals surface area (Å²) in [7, 11) is 0. The summed E-state index contributed by atoms with van der Waals surface area (Å²) in [4.78, 5) is 12.0. The Morgan fingerprint density at radius 1 is 1.14 bits per heavy atom. The van der Waals surface area contributed by atoms with Gasteiger partial charge in [0.25, 0.3) is 0 Å². The smallest absolute Gasteiger partial charge is 0.220 e. The Kier molecular flexibility index (Phi) is 6.07. The Morgan fingerprint density at radius 3 is 2.71 bits per heavy atom. The highest BCUT2D eigenvalue weighted by Crippen LogP contribution is 2.26. The molecule has 0 unspecified atom stereocenters. The normalized spacial score (nSPS) is 17.9. The zero-order chi connectivity index (χ0) is 13.8. The van der Waals surface area contributed by atoms with Gasteiger partial charge < -0.3 is 10.6 Å². The van der Waals surface area contributed by atoms with Crippen molar-refractivity contribution in [3.8, 4) is 0 Å². The van der Waals surface area contributed by atoms with Crippen molar-refractivity contribution in [3.63, 3.8) is 0 Å². The number of carbonyl (C=O) groups is 1. The molecule has 2 N–H and O–H groups in total. The van der Waals surface area contributed by atoms with Crippen LogP contribution >= 0.6 is 12.4 Å². The first-order chi connectivity index (χ1) is 9.81. The molecular formula is C17H25ClN2O. The van der Waals surface area contributed by atoms with E-state index in [1.807, 2.05) is 0 Å². The number of hydrogen-bond donors (Lipinski definition) is 2. The van der Waals surface area contributed by atoms with E-state index in [-0.39, 0.29) is 18.3 Å². The Labute approximate surface area is 133 Å². The van der Waals surface area contributed by atoms with Crippen molar-refractivity contribution in [1.82, 2.24) is 10.6 Å². The summed E-state index contributed by atoms with van der Waals surface area (Å²) in [6.07, 6.45) is 7.13. The quantitative estimate of drug-likeness (QED) is 0.896. The van der Waals surface area contributed by atoms with Gasteiger partial charge in [0.15, 0.2) is 0 Å². The minimum absolute atomic E-state index is 0. The van der Waals surface area contributed by atoms with Crippen molar-refractivity contribution in [3.05, 3.63) is 34.9 Å². The zero-order valence-electron chi connectivity index (χ0n) is 12.5. The Bertz CT molecular complexity index is 484. The van der Waals surface area contributed by atoms with Crippen LogP contribution in [0.5, 0.6) is 0 Å². The van der Waals surface area contributed by atoms with Crippen LogP contribution in [0.2, 0.25) is 0 Å². The molecule has 2 aliphatic rings. The van der Waals surface area contributed by atoms with Crippen molar-refractivity contribution < 1.29 is 4.79 Å². The summed E-state index contributed by atoms with van der Waals surface area (Å²) in [6.45, 7) is 2.60. The standard InChI is InChI=1S/C17H24N2O.ClH/c20-17(9-13-4-2-1-3-5-13)19-10-14-6-7-15-11-18-12-16(15)8-14;/h6-8,13,18H,1-5,9-12H2,(H,19,20);1H. The fourth-order valence-corrected chi connectivity index (χ4v) is 3.38. The number of nitrogens with one attached hydrogen (secondary N) is 2. The van der Waals surface area contributed by atoms with E-state index in [0.717, 1.165) is 13.1 Å². The molecule has 116 valence electrons. The topological polar surface area (TPSA) is 41.1 Å². The lowest BCUT2D eigenvalue weighted by Crippen LogP contribution is -2.25. The van der Waals surface area contributed by atoms with E-state index in [0.29, 0.717) is 18.9 Å². The highest BCUT2D eigenvalue weighted by atomic mass is 35.5. The molecule has 0 atom stereocenters. The molecule has 1 fully saturated rings. The third kappa shape index (κ3) is 4.45. The van der Waals surface area contributed by atoms with E-state index in [2.05, 4.69) is 28.8 Å². The van der Waals surface area contributed by atoms with Gasteiger partial charge in [0.1, 0.15) is 0 Å². The fourth-order valence-electron chi connectivity index (χ4n) is 3.38. The molecule has 0 radical (unpaired) electrons. The largest absolute Gasteiger partial charge is 0.352 e. The molecule has 3 nitrogen and oxygen atoms in total. The first kappa shape index (κ1) is 16.3. The summed E-state index contributed by atoms with van der Waals surface area (Å²) in [6, 6.07) is 6.53. The molecule has 1 aliphatic heterocycles. The highest BCUT2D eigenvalue weighted by molar-refractivity contribution is 5.85. The van der Waals surface area contributed by atoms with Gasteiger partial charge in [-0.1, -0.05) is 37.5 Å². The van der Waals surface area contributed by atoms with Crippen molar-refractivity contribution >= 4 is 18.3 Å². The van der Waals surface area contributed by atoms with Gasteiger partial charge in [-0.3, -0.25) is 4.79 Å². The molecule has 1 saturated carbocycles. The predicted octanol–water partition coefficient (Wildman–Crippen LogP) is 3.30. The van der Waals surface area contributed by atoms with Gasteiger partial charge in [0.2, 0.25) is 5.91 Å². The number of benzene rings is 1. The second-order valence-electron chi connectivity index (χ2n) is 6.19. The third-order valence-corrected chi connectivity index (χ3v) is 4.59. The molecule has 1 amide bonds. The molecule has 0 aromatic heterocycles. The Hall–Kier alpha value is -1.06. The van der Waals surface area contributed by atoms with Gasteiger partial charge in [-0.2, -0.15) is 0 Å². The lowest BCUT2D eigenvalue weighted by molar-refractivity contribution is -0.122. The van der Waals surface area contributed by atoms with Crippen LogP contribution in [0.15, 0.2) is 18.2 Å². The minimum Gasteiger partial charge on any atom is -0.352 e.